The minimum absolute atomic E-state index is 0.0140. The van der Waals surface area contributed by atoms with Crippen LogP contribution < -0.4 is 5.32 Å². The lowest BCUT2D eigenvalue weighted by Crippen LogP contribution is -2.15. The molecule has 10 heteroatoms. The van der Waals surface area contributed by atoms with E-state index in [9.17, 15) is 28.5 Å². The van der Waals surface area contributed by atoms with E-state index in [1.54, 1.807) is 0 Å². The second-order valence-electron chi connectivity index (χ2n) is 6.48. The van der Waals surface area contributed by atoms with Crippen molar-refractivity contribution in [2.75, 3.05) is 11.1 Å². The number of hydrogen-bond donors (Lipinski definition) is 1. The lowest BCUT2D eigenvalue weighted by atomic mass is 9.96. The molecule has 0 unspecified atom stereocenters. The highest BCUT2D eigenvalue weighted by molar-refractivity contribution is 8.00. The summed E-state index contributed by atoms with van der Waals surface area (Å²) in [5.74, 6) is -0.693. The van der Waals surface area contributed by atoms with Crippen LogP contribution in [0.4, 0.5) is 18.2 Å². The van der Waals surface area contributed by atoms with E-state index in [2.05, 4.69) is 16.4 Å². The second kappa shape index (κ2) is 8.44. The highest BCUT2D eigenvalue weighted by atomic mass is 32.2. The monoisotopic (exact) mass is 436 g/mol. The van der Waals surface area contributed by atoms with Gasteiger partial charge in [-0.3, -0.25) is 4.79 Å². The average Bonchev–Trinajstić information content (AvgIpc) is 3.02. The highest BCUT2D eigenvalue weighted by Crippen LogP contribution is 2.38. The number of aromatic nitrogens is 1. The average molecular weight is 436 g/mol. The van der Waals surface area contributed by atoms with E-state index in [0.717, 1.165) is 54.0 Å². The molecule has 1 aliphatic rings. The summed E-state index contributed by atoms with van der Waals surface area (Å²) in [6.45, 7) is 1.40. The van der Waals surface area contributed by atoms with Gasteiger partial charge in [-0.25, -0.2) is 4.98 Å². The number of nitrogens with one attached hydrogen (secondary N) is 1. The van der Waals surface area contributed by atoms with Crippen LogP contribution >= 0.6 is 23.1 Å². The van der Waals surface area contributed by atoms with E-state index in [4.69, 9.17) is 0 Å². The Morgan fingerprint density at radius 2 is 1.97 bits per heavy atom. The van der Waals surface area contributed by atoms with Gasteiger partial charge in [0.05, 0.1) is 16.9 Å². The Bertz CT molecular complexity index is 1050. The molecule has 0 aliphatic heterocycles. The standard InChI is InChI=1S/C19H15F3N4OS2/c1-10-6-15(19(20,21)22)25-17(12(10)7-23)28-9-16(27)26-18-13(8-24)11-4-2-3-5-14(11)29-18/h6H,2-5,9H2,1H3,(H,26,27). The Kier molecular flexibility index (Phi) is 6.15. The third-order valence-corrected chi connectivity index (χ3v) is 6.64. The van der Waals surface area contributed by atoms with Crippen molar-refractivity contribution in [1.29, 1.82) is 10.5 Å². The number of hydrogen-bond acceptors (Lipinski definition) is 6. The lowest BCUT2D eigenvalue weighted by molar-refractivity contribution is -0.141. The van der Waals surface area contributed by atoms with E-state index in [1.807, 2.05) is 6.07 Å². The molecule has 0 aromatic carbocycles. The van der Waals surface area contributed by atoms with Crippen molar-refractivity contribution in [3.05, 3.63) is 38.9 Å². The first-order valence-corrected chi connectivity index (χ1v) is 10.5. The van der Waals surface area contributed by atoms with Crippen LogP contribution in [0.2, 0.25) is 0 Å². The van der Waals surface area contributed by atoms with Crippen molar-refractivity contribution < 1.29 is 18.0 Å². The van der Waals surface area contributed by atoms with Gasteiger partial charge in [-0.15, -0.1) is 11.3 Å². The molecule has 150 valence electrons. The minimum Gasteiger partial charge on any atom is -0.316 e. The minimum atomic E-state index is -4.64. The number of rotatable bonds is 4. The van der Waals surface area contributed by atoms with Gasteiger partial charge in [0.25, 0.3) is 0 Å². The molecule has 1 amide bonds. The first-order valence-electron chi connectivity index (χ1n) is 8.70. The molecule has 0 spiro atoms. The quantitative estimate of drug-likeness (QED) is 0.694. The Morgan fingerprint density at radius 1 is 1.28 bits per heavy atom. The molecule has 29 heavy (non-hydrogen) atoms. The molecule has 0 saturated heterocycles. The topological polar surface area (TPSA) is 89.6 Å². The fourth-order valence-corrected chi connectivity index (χ4v) is 5.21. The maximum absolute atomic E-state index is 13.0. The number of nitrogens with zero attached hydrogens (tertiary/aromatic N) is 3. The predicted octanol–water partition coefficient (Wildman–Crippen LogP) is 4.82. The molecule has 3 rings (SSSR count). The Balaban J connectivity index is 1.77. The number of thioether (sulfide) groups is 1. The van der Waals surface area contributed by atoms with E-state index in [-0.39, 0.29) is 21.9 Å². The summed E-state index contributed by atoms with van der Waals surface area (Å²) in [6.07, 6.45) is -0.928. The zero-order chi connectivity index (χ0) is 21.2. The molecule has 0 atom stereocenters. The van der Waals surface area contributed by atoms with Gasteiger partial charge in [-0.1, -0.05) is 11.8 Å². The van der Waals surface area contributed by atoms with Crippen molar-refractivity contribution in [3.63, 3.8) is 0 Å². The van der Waals surface area contributed by atoms with Crippen LogP contribution in [0.5, 0.6) is 0 Å². The fourth-order valence-electron chi connectivity index (χ4n) is 3.10. The van der Waals surface area contributed by atoms with Gasteiger partial charge >= 0.3 is 6.18 Å². The molecule has 2 heterocycles. The third-order valence-electron chi connectivity index (χ3n) is 4.46. The van der Waals surface area contributed by atoms with Crippen molar-refractivity contribution in [2.45, 2.75) is 43.8 Å². The first kappa shape index (κ1) is 21.2. The normalized spacial score (nSPS) is 13.3. The molecular weight excluding hydrogens is 421 g/mol. The summed E-state index contributed by atoms with van der Waals surface area (Å²) in [5, 5.41) is 21.7. The number of amides is 1. The number of halogens is 3. The number of fused-ring (bicyclic) bond motifs is 1. The van der Waals surface area contributed by atoms with Gasteiger partial charge in [-0.05, 0) is 49.8 Å². The smallest absolute Gasteiger partial charge is 0.316 e. The zero-order valence-corrected chi connectivity index (χ0v) is 16.9. The Labute approximate surface area is 173 Å². The Morgan fingerprint density at radius 3 is 2.62 bits per heavy atom. The molecule has 1 N–H and O–H groups in total. The van der Waals surface area contributed by atoms with Gasteiger partial charge in [0.1, 0.15) is 27.9 Å². The number of anilines is 1. The van der Waals surface area contributed by atoms with Crippen LogP contribution in [0, 0.1) is 29.6 Å². The highest BCUT2D eigenvalue weighted by Gasteiger charge is 2.34. The molecule has 5 nitrogen and oxygen atoms in total. The van der Waals surface area contributed by atoms with Crippen LogP contribution in [0.3, 0.4) is 0 Å². The second-order valence-corrected chi connectivity index (χ2v) is 8.55. The predicted molar refractivity (Wildman–Crippen MR) is 104 cm³/mol. The largest absolute Gasteiger partial charge is 0.433 e. The van der Waals surface area contributed by atoms with Crippen LogP contribution in [-0.4, -0.2) is 16.6 Å². The van der Waals surface area contributed by atoms with Gasteiger partial charge in [0.15, 0.2) is 0 Å². The summed E-state index contributed by atoms with van der Waals surface area (Å²) in [7, 11) is 0. The summed E-state index contributed by atoms with van der Waals surface area (Å²) in [4.78, 5) is 17.0. The lowest BCUT2D eigenvalue weighted by Gasteiger charge is -2.11. The number of carbonyl (C=O) groups is 1. The van der Waals surface area contributed by atoms with Crippen molar-refractivity contribution >= 4 is 34.0 Å². The van der Waals surface area contributed by atoms with Crippen molar-refractivity contribution in [3.8, 4) is 12.1 Å². The van der Waals surface area contributed by atoms with Crippen LogP contribution in [0.1, 0.15) is 45.7 Å². The first-order chi connectivity index (χ1) is 13.7. The molecule has 2 aromatic rings. The summed E-state index contributed by atoms with van der Waals surface area (Å²) >= 11 is 2.14. The van der Waals surface area contributed by atoms with E-state index in [0.29, 0.717) is 10.6 Å². The molecular formula is C19H15F3N4OS2. The molecule has 0 radical (unpaired) electrons. The molecule has 1 aliphatic carbocycles. The van der Waals surface area contributed by atoms with Gasteiger partial charge < -0.3 is 5.32 Å². The third kappa shape index (κ3) is 4.55. The van der Waals surface area contributed by atoms with Crippen LogP contribution in [-0.2, 0) is 23.8 Å². The fraction of sp³-hybridized carbons (Fsp3) is 0.368. The number of pyridine rings is 1. The van der Waals surface area contributed by atoms with E-state index < -0.39 is 17.8 Å². The number of thiophene rings is 1. The van der Waals surface area contributed by atoms with E-state index in [1.165, 1.54) is 18.3 Å². The van der Waals surface area contributed by atoms with Gasteiger partial charge in [-0.2, -0.15) is 23.7 Å². The van der Waals surface area contributed by atoms with Gasteiger partial charge in [0.2, 0.25) is 5.91 Å². The van der Waals surface area contributed by atoms with E-state index >= 15 is 0 Å². The van der Waals surface area contributed by atoms with Crippen LogP contribution in [0.25, 0.3) is 0 Å². The molecule has 0 bridgehead atoms. The van der Waals surface area contributed by atoms with Crippen molar-refractivity contribution in [1.82, 2.24) is 4.98 Å². The SMILES string of the molecule is Cc1cc(C(F)(F)F)nc(SCC(=O)Nc2sc3c(c2C#N)CCCC3)c1C#N. The maximum atomic E-state index is 13.0. The van der Waals surface area contributed by atoms with Crippen LogP contribution in [0.15, 0.2) is 11.1 Å². The van der Waals surface area contributed by atoms with Crippen molar-refractivity contribution in [2.24, 2.45) is 0 Å². The molecule has 0 fully saturated rings. The maximum Gasteiger partial charge on any atom is 0.433 e. The number of nitriles is 2. The summed E-state index contributed by atoms with van der Waals surface area (Å²) in [6, 6.07) is 4.80. The summed E-state index contributed by atoms with van der Waals surface area (Å²) in [5.41, 5.74) is 0.507. The number of carbonyl (C=O) groups excluding carboxylic acids is 1. The molecule has 0 saturated carbocycles. The van der Waals surface area contributed by atoms with Gasteiger partial charge in [0, 0.05) is 4.88 Å². The Hall–Kier alpha value is -2.56. The molecule has 2 aromatic heterocycles. The number of alkyl halides is 3. The summed E-state index contributed by atoms with van der Waals surface area (Å²) < 4.78 is 39.0. The number of aryl methyl sites for hydroxylation is 2. The zero-order valence-electron chi connectivity index (χ0n) is 15.3.